The third-order valence-corrected chi connectivity index (χ3v) is 4.65. The Balaban J connectivity index is 1.83. The number of carbonyl (C=O) groups excluding carboxylic acids is 1. The first-order valence-corrected chi connectivity index (χ1v) is 8.55. The summed E-state index contributed by atoms with van der Waals surface area (Å²) in [6.07, 6.45) is 7.14. The van der Waals surface area contributed by atoms with E-state index in [2.05, 4.69) is 15.3 Å². The molecular weight excluding hydrogens is 318 g/mol. The first kappa shape index (κ1) is 17.4. The molecule has 3 rings (SSSR count). The Morgan fingerprint density at radius 1 is 1.32 bits per heavy atom. The lowest BCUT2D eigenvalue weighted by Crippen LogP contribution is -2.37. The zero-order valence-electron chi connectivity index (χ0n) is 15.0. The van der Waals surface area contributed by atoms with Crippen molar-refractivity contribution < 1.29 is 9.53 Å². The van der Waals surface area contributed by atoms with E-state index in [0.29, 0.717) is 11.6 Å². The zero-order chi connectivity index (χ0) is 17.8. The van der Waals surface area contributed by atoms with Crippen molar-refractivity contribution >= 4 is 11.6 Å². The van der Waals surface area contributed by atoms with Gasteiger partial charge in [0.1, 0.15) is 11.5 Å². The van der Waals surface area contributed by atoms with Crippen LogP contribution < -0.4 is 10.2 Å². The fourth-order valence-electron chi connectivity index (χ4n) is 3.16. The number of pyridine rings is 1. The molecule has 1 unspecified atom stereocenters. The maximum absolute atomic E-state index is 12.8. The van der Waals surface area contributed by atoms with Crippen LogP contribution in [-0.4, -0.2) is 47.8 Å². The number of aryl methyl sites for hydroxylation is 1. The number of anilines is 1. The van der Waals surface area contributed by atoms with Crippen LogP contribution >= 0.6 is 0 Å². The Hall–Kier alpha value is -2.41. The number of nitrogens with zero attached hydrogens (tertiary/aromatic N) is 4. The van der Waals surface area contributed by atoms with Gasteiger partial charge in [0.05, 0.1) is 6.04 Å². The second kappa shape index (κ2) is 7.65. The topological polar surface area (TPSA) is 72.3 Å². The molecule has 134 valence electrons. The van der Waals surface area contributed by atoms with Crippen molar-refractivity contribution in [2.45, 2.75) is 18.9 Å². The quantitative estimate of drug-likeness (QED) is 0.896. The van der Waals surface area contributed by atoms with Gasteiger partial charge in [0.15, 0.2) is 0 Å². The van der Waals surface area contributed by atoms with E-state index < -0.39 is 0 Å². The average Bonchev–Trinajstić information content (AvgIpc) is 3.06. The SMILES string of the molecule is CN(C)c1ccnc(C(=O)NC(c2nccn2C)C2CCOCC2)c1. The molecule has 1 N–H and O–H groups in total. The van der Waals surface area contributed by atoms with E-state index in [4.69, 9.17) is 4.74 Å². The first-order chi connectivity index (χ1) is 12.1. The van der Waals surface area contributed by atoms with Crippen LogP contribution in [0.5, 0.6) is 0 Å². The van der Waals surface area contributed by atoms with Gasteiger partial charge in [-0.15, -0.1) is 0 Å². The fourth-order valence-corrected chi connectivity index (χ4v) is 3.16. The molecule has 0 saturated carbocycles. The van der Waals surface area contributed by atoms with Crippen molar-refractivity contribution in [3.8, 4) is 0 Å². The summed E-state index contributed by atoms with van der Waals surface area (Å²) in [5.41, 5.74) is 1.36. The van der Waals surface area contributed by atoms with Crippen molar-refractivity contribution in [3.63, 3.8) is 0 Å². The van der Waals surface area contributed by atoms with Crippen molar-refractivity contribution in [1.82, 2.24) is 19.9 Å². The molecule has 1 fully saturated rings. The van der Waals surface area contributed by atoms with Gasteiger partial charge >= 0.3 is 0 Å². The van der Waals surface area contributed by atoms with Crippen LogP contribution in [0.1, 0.15) is 35.2 Å². The van der Waals surface area contributed by atoms with Gasteiger partial charge in [0, 0.05) is 58.6 Å². The van der Waals surface area contributed by atoms with Gasteiger partial charge in [-0.1, -0.05) is 0 Å². The lowest BCUT2D eigenvalue weighted by atomic mass is 9.91. The summed E-state index contributed by atoms with van der Waals surface area (Å²) in [7, 11) is 5.83. The second-order valence-corrected chi connectivity index (χ2v) is 6.59. The van der Waals surface area contributed by atoms with Crippen LogP contribution in [0.3, 0.4) is 0 Å². The van der Waals surface area contributed by atoms with Gasteiger partial charge in [-0.2, -0.15) is 0 Å². The Kier molecular flexibility index (Phi) is 5.33. The molecule has 7 heteroatoms. The van der Waals surface area contributed by atoms with Crippen LogP contribution in [0.15, 0.2) is 30.7 Å². The summed E-state index contributed by atoms with van der Waals surface area (Å²) in [6, 6.07) is 3.53. The molecule has 0 aromatic carbocycles. The lowest BCUT2D eigenvalue weighted by Gasteiger charge is -2.30. The molecule has 1 atom stereocenters. The Labute approximate surface area is 148 Å². The summed E-state index contributed by atoms with van der Waals surface area (Å²) >= 11 is 0. The monoisotopic (exact) mass is 343 g/mol. The summed E-state index contributed by atoms with van der Waals surface area (Å²) < 4.78 is 7.43. The summed E-state index contributed by atoms with van der Waals surface area (Å²) in [6.45, 7) is 1.44. The number of hydrogen-bond acceptors (Lipinski definition) is 5. The highest BCUT2D eigenvalue weighted by Crippen LogP contribution is 2.29. The molecule has 1 amide bonds. The van der Waals surface area contributed by atoms with Gasteiger partial charge in [0.25, 0.3) is 5.91 Å². The zero-order valence-corrected chi connectivity index (χ0v) is 15.0. The lowest BCUT2D eigenvalue weighted by molar-refractivity contribution is 0.0498. The number of nitrogens with one attached hydrogen (secondary N) is 1. The fraction of sp³-hybridized carbons (Fsp3) is 0.500. The number of aromatic nitrogens is 3. The van der Waals surface area contributed by atoms with E-state index in [0.717, 1.165) is 37.6 Å². The number of ether oxygens (including phenoxy) is 1. The predicted octanol–water partition coefficient (Wildman–Crippen LogP) is 1.78. The average molecular weight is 343 g/mol. The Morgan fingerprint density at radius 2 is 2.08 bits per heavy atom. The number of hydrogen-bond donors (Lipinski definition) is 1. The Morgan fingerprint density at radius 3 is 2.72 bits per heavy atom. The largest absolute Gasteiger partial charge is 0.381 e. The Bertz CT molecular complexity index is 722. The van der Waals surface area contributed by atoms with Crippen molar-refractivity contribution in [2.24, 2.45) is 13.0 Å². The van der Waals surface area contributed by atoms with Gasteiger partial charge in [-0.05, 0) is 30.9 Å². The highest BCUT2D eigenvalue weighted by atomic mass is 16.5. The summed E-state index contributed by atoms with van der Waals surface area (Å²) in [4.78, 5) is 23.5. The van der Waals surface area contributed by atoms with E-state index in [1.165, 1.54) is 0 Å². The van der Waals surface area contributed by atoms with Crippen molar-refractivity contribution in [1.29, 1.82) is 0 Å². The molecule has 2 aromatic heterocycles. The van der Waals surface area contributed by atoms with Crippen LogP contribution in [0.25, 0.3) is 0 Å². The van der Waals surface area contributed by atoms with Crippen molar-refractivity contribution in [2.75, 3.05) is 32.2 Å². The van der Waals surface area contributed by atoms with E-state index in [1.54, 1.807) is 18.5 Å². The van der Waals surface area contributed by atoms with Crippen LogP contribution in [-0.2, 0) is 11.8 Å². The minimum atomic E-state index is -0.178. The van der Waals surface area contributed by atoms with Crippen molar-refractivity contribution in [3.05, 3.63) is 42.2 Å². The highest BCUT2D eigenvalue weighted by Gasteiger charge is 2.30. The molecule has 3 heterocycles. The first-order valence-electron chi connectivity index (χ1n) is 8.55. The predicted molar refractivity (Wildman–Crippen MR) is 95.5 cm³/mol. The molecule has 0 radical (unpaired) electrons. The van der Waals surface area contributed by atoms with E-state index in [1.807, 2.05) is 42.9 Å². The molecule has 0 spiro atoms. The van der Waals surface area contributed by atoms with Crippen LogP contribution in [0.4, 0.5) is 5.69 Å². The van der Waals surface area contributed by atoms with Gasteiger partial charge in [-0.25, -0.2) is 4.98 Å². The van der Waals surface area contributed by atoms with E-state index >= 15 is 0 Å². The van der Waals surface area contributed by atoms with E-state index in [9.17, 15) is 4.79 Å². The third-order valence-electron chi connectivity index (χ3n) is 4.65. The molecular formula is C18H25N5O2. The van der Waals surface area contributed by atoms with Gasteiger partial charge < -0.3 is 19.5 Å². The van der Waals surface area contributed by atoms with Gasteiger partial charge in [-0.3, -0.25) is 9.78 Å². The smallest absolute Gasteiger partial charge is 0.270 e. The van der Waals surface area contributed by atoms with E-state index in [-0.39, 0.29) is 11.9 Å². The van der Waals surface area contributed by atoms with Crippen LogP contribution in [0, 0.1) is 5.92 Å². The molecule has 0 bridgehead atoms. The summed E-state index contributed by atoms with van der Waals surface area (Å²) in [5, 5.41) is 3.15. The second-order valence-electron chi connectivity index (χ2n) is 6.59. The number of rotatable bonds is 5. The number of amides is 1. The minimum absolute atomic E-state index is 0.152. The molecule has 1 aliphatic heterocycles. The maximum atomic E-state index is 12.8. The highest BCUT2D eigenvalue weighted by molar-refractivity contribution is 5.93. The van der Waals surface area contributed by atoms with Crippen LogP contribution in [0.2, 0.25) is 0 Å². The number of carbonyl (C=O) groups is 1. The minimum Gasteiger partial charge on any atom is -0.381 e. The molecule has 0 aliphatic carbocycles. The van der Waals surface area contributed by atoms with Gasteiger partial charge in [0.2, 0.25) is 0 Å². The maximum Gasteiger partial charge on any atom is 0.270 e. The molecule has 7 nitrogen and oxygen atoms in total. The molecule has 1 saturated heterocycles. The standard InChI is InChI=1S/C18H25N5O2/c1-22(2)14-4-7-19-15(12-14)18(24)21-16(13-5-10-25-11-6-13)17-20-8-9-23(17)3/h4,7-9,12-13,16H,5-6,10-11H2,1-3H3,(H,21,24). The molecule has 2 aromatic rings. The molecule has 25 heavy (non-hydrogen) atoms. The number of imidazole rings is 1. The third kappa shape index (κ3) is 3.99. The molecule has 1 aliphatic rings. The normalized spacial score (nSPS) is 16.4. The summed E-state index contributed by atoms with van der Waals surface area (Å²) in [5.74, 6) is 0.989.